The Bertz CT molecular complexity index is 564. The van der Waals surface area contributed by atoms with E-state index in [2.05, 4.69) is 5.32 Å². The lowest BCUT2D eigenvalue weighted by Gasteiger charge is -2.10. The molecule has 1 heterocycles. The van der Waals surface area contributed by atoms with Crippen LogP contribution in [0.5, 0.6) is 0 Å². The molecular weight excluding hydrogens is 268 g/mol. The van der Waals surface area contributed by atoms with Crippen LogP contribution in [-0.2, 0) is 0 Å². The first-order valence-electron chi connectivity index (χ1n) is 6.02. The lowest BCUT2D eigenvalue weighted by Crippen LogP contribution is -2.27. The molecular formula is C14H13F2NO3. The minimum absolute atomic E-state index is 0.0823. The molecule has 1 aromatic carbocycles. The van der Waals surface area contributed by atoms with Gasteiger partial charge in [0.2, 0.25) is 0 Å². The Balaban J connectivity index is 1.90. The van der Waals surface area contributed by atoms with Crippen molar-refractivity contribution in [3.63, 3.8) is 0 Å². The molecule has 20 heavy (non-hydrogen) atoms. The van der Waals surface area contributed by atoms with Crippen LogP contribution in [0.25, 0.3) is 0 Å². The summed E-state index contributed by atoms with van der Waals surface area (Å²) in [5, 5.41) is 12.1. The van der Waals surface area contributed by atoms with Crippen molar-refractivity contribution >= 4 is 5.91 Å². The summed E-state index contributed by atoms with van der Waals surface area (Å²) < 4.78 is 31.5. The average molecular weight is 281 g/mol. The monoisotopic (exact) mass is 281 g/mol. The lowest BCUT2D eigenvalue weighted by molar-refractivity contribution is 0.0934. The molecule has 4 nitrogen and oxygen atoms in total. The molecule has 0 radical (unpaired) electrons. The Kier molecular flexibility index (Phi) is 4.47. The second kappa shape index (κ2) is 6.29. The number of carbonyl (C=O) groups is 1. The Morgan fingerprint density at radius 3 is 2.60 bits per heavy atom. The van der Waals surface area contributed by atoms with Crippen molar-refractivity contribution in [2.24, 2.45) is 0 Å². The smallest absolute Gasteiger partial charge is 0.257 e. The number of nitrogens with one attached hydrogen (secondary N) is 1. The van der Waals surface area contributed by atoms with Gasteiger partial charge < -0.3 is 14.8 Å². The number of benzene rings is 1. The summed E-state index contributed by atoms with van der Waals surface area (Å²) >= 11 is 0. The highest BCUT2D eigenvalue weighted by atomic mass is 19.1. The van der Waals surface area contributed by atoms with Gasteiger partial charge in [0.05, 0.1) is 18.6 Å². The van der Waals surface area contributed by atoms with Crippen molar-refractivity contribution < 1.29 is 23.1 Å². The predicted octanol–water partition coefficient (Wildman–Crippen LogP) is 2.41. The van der Waals surface area contributed by atoms with Gasteiger partial charge in [-0.3, -0.25) is 4.79 Å². The molecule has 1 atom stereocenters. The first-order valence-corrected chi connectivity index (χ1v) is 6.02. The predicted molar refractivity (Wildman–Crippen MR) is 67.0 cm³/mol. The van der Waals surface area contributed by atoms with Crippen LogP contribution in [0, 0.1) is 11.6 Å². The van der Waals surface area contributed by atoms with Crippen LogP contribution in [0.1, 0.15) is 28.4 Å². The average Bonchev–Trinajstić information content (AvgIpc) is 2.92. The van der Waals surface area contributed by atoms with Gasteiger partial charge in [-0.2, -0.15) is 0 Å². The normalized spacial score (nSPS) is 12.2. The van der Waals surface area contributed by atoms with Crippen LogP contribution in [0.15, 0.2) is 41.2 Å². The summed E-state index contributed by atoms with van der Waals surface area (Å²) in [4.78, 5) is 11.7. The second-order valence-electron chi connectivity index (χ2n) is 4.21. The molecule has 106 valence electrons. The molecule has 0 aliphatic rings. The number of aliphatic hydroxyl groups excluding tert-OH is 1. The van der Waals surface area contributed by atoms with Crippen molar-refractivity contribution in [2.75, 3.05) is 6.54 Å². The van der Waals surface area contributed by atoms with E-state index in [0.717, 1.165) is 12.1 Å². The van der Waals surface area contributed by atoms with E-state index in [1.807, 2.05) is 0 Å². The fourth-order valence-corrected chi connectivity index (χ4v) is 1.76. The molecule has 0 saturated heterocycles. The van der Waals surface area contributed by atoms with E-state index >= 15 is 0 Å². The second-order valence-corrected chi connectivity index (χ2v) is 4.21. The van der Waals surface area contributed by atoms with Crippen LogP contribution >= 0.6 is 0 Å². The van der Waals surface area contributed by atoms with Crippen LogP contribution in [-0.4, -0.2) is 17.6 Å². The number of amides is 1. The summed E-state index contributed by atoms with van der Waals surface area (Å²) in [6.45, 7) is 0.0823. The Hall–Kier alpha value is -2.21. The number of carbonyl (C=O) groups excluding carboxylic acids is 1. The topological polar surface area (TPSA) is 62.5 Å². The minimum atomic E-state index is -0.919. The molecule has 2 N–H and O–H groups in total. The van der Waals surface area contributed by atoms with Gasteiger partial charge in [-0.25, -0.2) is 8.78 Å². The molecule has 6 heteroatoms. The Morgan fingerprint density at radius 1 is 1.30 bits per heavy atom. The third-order valence-corrected chi connectivity index (χ3v) is 2.82. The van der Waals surface area contributed by atoms with Crippen LogP contribution < -0.4 is 5.32 Å². The standard InChI is InChI=1S/C14H13F2NO3/c15-10-2-1-3-11(16)13(10)14(19)17-6-4-12(18)9-5-7-20-8-9/h1-3,5,7-8,12,18H,4,6H2,(H,17,19)/t12-/m1/s1. The number of hydrogen-bond acceptors (Lipinski definition) is 3. The van der Waals surface area contributed by atoms with E-state index in [1.54, 1.807) is 6.07 Å². The number of rotatable bonds is 5. The van der Waals surface area contributed by atoms with E-state index in [0.29, 0.717) is 5.56 Å². The summed E-state index contributed by atoms with van der Waals surface area (Å²) in [6.07, 6.45) is 2.22. The van der Waals surface area contributed by atoms with Gasteiger partial charge in [-0.15, -0.1) is 0 Å². The highest BCUT2D eigenvalue weighted by Crippen LogP contribution is 2.16. The maximum atomic E-state index is 13.3. The third-order valence-electron chi connectivity index (χ3n) is 2.82. The first kappa shape index (κ1) is 14.2. The lowest BCUT2D eigenvalue weighted by atomic mass is 10.1. The zero-order valence-electron chi connectivity index (χ0n) is 10.5. The van der Waals surface area contributed by atoms with Gasteiger partial charge in [0.1, 0.15) is 17.2 Å². The molecule has 0 fully saturated rings. The minimum Gasteiger partial charge on any atom is -0.472 e. The summed E-state index contributed by atoms with van der Waals surface area (Å²) in [5.41, 5.74) is -0.0402. The third kappa shape index (κ3) is 3.21. The van der Waals surface area contributed by atoms with E-state index in [9.17, 15) is 18.7 Å². The molecule has 2 aromatic rings. The zero-order chi connectivity index (χ0) is 14.5. The summed E-state index contributed by atoms with van der Waals surface area (Å²) in [6, 6.07) is 4.81. The molecule has 0 aliphatic carbocycles. The largest absolute Gasteiger partial charge is 0.472 e. The highest BCUT2D eigenvalue weighted by molar-refractivity contribution is 5.94. The van der Waals surface area contributed by atoms with Crippen molar-refractivity contribution in [3.8, 4) is 0 Å². The van der Waals surface area contributed by atoms with Crippen molar-refractivity contribution in [1.29, 1.82) is 0 Å². The van der Waals surface area contributed by atoms with Crippen LogP contribution in [0.3, 0.4) is 0 Å². The zero-order valence-corrected chi connectivity index (χ0v) is 10.5. The van der Waals surface area contributed by atoms with Gasteiger partial charge in [-0.05, 0) is 24.6 Å². The fourth-order valence-electron chi connectivity index (χ4n) is 1.76. The number of halogens is 2. The van der Waals surface area contributed by atoms with Gasteiger partial charge in [0.15, 0.2) is 0 Å². The maximum absolute atomic E-state index is 13.3. The number of hydrogen-bond donors (Lipinski definition) is 2. The molecule has 0 saturated carbocycles. The van der Waals surface area contributed by atoms with Gasteiger partial charge >= 0.3 is 0 Å². The molecule has 0 spiro atoms. The molecule has 1 amide bonds. The molecule has 0 aliphatic heterocycles. The van der Waals surface area contributed by atoms with Crippen molar-refractivity contribution in [3.05, 3.63) is 59.6 Å². The van der Waals surface area contributed by atoms with Crippen LogP contribution in [0.2, 0.25) is 0 Å². The van der Waals surface area contributed by atoms with E-state index in [4.69, 9.17) is 4.42 Å². The Labute approximate surface area is 114 Å². The maximum Gasteiger partial charge on any atom is 0.257 e. The number of aliphatic hydroxyl groups is 1. The molecule has 1 aromatic heterocycles. The molecule has 0 bridgehead atoms. The van der Waals surface area contributed by atoms with Crippen molar-refractivity contribution in [1.82, 2.24) is 5.32 Å². The Morgan fingerprint density at radius 2 is 2.00 bits per heavy atom. The fraction of sp³-hybridized carbons (Fsp3) is 0.214. The van der Waals surface area contributed by atoms with E-state index in [1.165, 1.54) is 18.6 Å². The first-order chi connectivity index (χ1) is 9.59. The highest BCUT2D eigenvalue weighted by Gasteiger charge is 2.17. The van der Waals surface area contributed by atoms with Gasteiger partial charge in [0.25, 0.3) is 5.91 Å². The van der Waals surface area contributed by atoms with Gasteiger partial charge in [0, 0.05) is 12.1 Å². The molecule has 2 rings (SSSR count). The van der Waals surface area contributed by atoms with Crippen molar-refractivity contribution in [2.45, 2.75) is 12.5 Å². The van der Waals surface area contributed by atoms with E-state index < -0.39 is 29.2 Å². The quantitative estimate of drug-likeness (QED) is 0.884. The summed E-state index contributed by atoms with van der Waals surface area (Å²) in [7, 11) is 0. The van der Waals surface area contributed by atoms with E-state index in [-0.39, 0.29) is 13.0 Å². The van der Waals surface area contributed by atoms with Crippen LogP contribution in [0.4, 0.5) is 8.78 Å². The van der Waals surface area contributed by atoms with Gasteiger partial charge in [-0.1, -0.05) is 6.07 Å². The number of furan rings is 1. The molecule has 0 unspecified atom stereocenters. The SMILES string of the molecule is O=C(NCC[C@@H](O)c1ccoc1)c1c(F)cccc1F. The summed E-state index contributed by atoms with van der Waals surface area (Å²) in [5.74, 6) is -2.68.